The molecule has 3 aromatic rings. The van der Waals surface area contributed by atoms with Crippen LogP contribution >= 0.6 is 23.2 Å². The van der Waals surface area contributed by atoms with Gasteiger partial charge in [0.2, 0.25) is 5.91 Å². The van der Waals surface area contributed by atoms with E-state index in [4.69, 9.17) is 23.2 Å². The first-order chi connectivity index (χ1) is 12.0. The Morgan fingerprint density at radius 3 is 2.72 bits per heavy atom. The second-order valence-electron chi connectivity index (χ2n) is 5.54. The number of hydrogen-bond acceptors (Lipinski definition) is 4. The average molecular weight is 379 g/mol. The van der Waals surface area contributed by atoms with Crippen molar-refractivity contribution in [2.24, 2.45) is 0 Å². The fraction of sp³-hybridized carbons (Fsp3) is 0.250. The maximum Gasteiger partial charge on any atom is 0.250 e. The monoisotopic (exact) mass is 378 g/mol. The van der Waals surface area contributed by atoms with E-state index >= 15 is 0 Å². The minimum atomic E-state index is -0.504. The molecule has 0 radical (unpaired) electrons. The topological polar surface area (TPSA) is 77.6 Å². The first-order valence-electron chi connectivity index (χ1n) is 7.61. The molecule has 0 saturated carbocycles. The van der Waals surface area contributed by atoms with Crippen LogP contribution in [0.1, 0.15) is 31.5 Å². The van der Waals surface area contributed by atoms with Gasteiger partial charge in [0.1, 0.15) is 24.5 Å². The third kappa shape index (κ3) is 3.67. The van der Waals surface area contributed by atoms with Gasteiger partial charge in [-0.15, -0.1) is 0 Å². The van der Waals surface area contributed by atoms with Crippen molar-refractivity contribution >= 4 is 34.9 Å². The third-order valence-corrected chi connectivity index (χ3v) is 4.49. The van der Waals surface area contributed by atoms with Crippen molar-refractivity contribution in [2.45, 2.75) is 25.9 Å². The molecular weight excluding hydrogens is 363 g/mol. The molecule has 3 rings (SSSR count). The Bertz CT molecular complexity index is 877. The predicted molar refractivity (Wildman–Crippen MR) is 95.9 cm³/mol. The molecule has 0 bridgehead atoms. The summed E-state index contributed by atoms with van der Waals surface area (Å²) in [7, 11) is 0. The van der Waals surface area contributed by atoms with Crippen molar-refractivity contribution in [3.05, 3.63) is 58.7 Å². The molecule has 0 saturated heterocycles. The van der Waals surface area contributed by atoms with Gasteiger partial charge in [-0.05, 0) is 37.6 Å². The van der Waals surface area contributed by atoms with E-state index in [-0.39, 0.29) is 11.9 Å². The smallest absolute Gasteiger partial charge is 0.250 e. The van der Waals surface area contributed by atoms with Gasteiger partial charge in [0.15, 0.2) is 0 Å². The van der Waals surface area contributed by atoms with Crippen molar-refractivity contribution in [1.29, 1.82) is 0 Å². The summed E-state index contributed by atoms with van der Waals surface area (Å²) in [6.45, 7) is 3.67. The number of aromatic nitrogens is 5. The molecule has 1 aromatic carbocycles. The molecule has 9 heteroatoms. The molecule has 2 atom stereocenters. The highest BCUT2D eigenvalue weighted by Crippen LogP contribution is 2.30. The van der Waals surface area contributed by atoms with Crippen LogP contribution < -0.4 is 5.32 Å². The second-order valence-corrected chi connectivity index (χ2v) is 6.39. The van der Waals surface area contributed by atoms with Gasteiger partial charge in [0, 0.05) is 16.1 Å². The van der Waals surface area contributed by atoms with E-state index < -0.39 is 6.04 Å². The van der Waals surface area contributed by atoms with Crippen LogP contribution in [-0.4, -0.2) is 30.5 Å². The number of carbonyl (C=O) groups excluding carboxylic acids is 1. The summed E-state index contributed by atoms with van der Waals surface area (Å²) >= 11 is 12.3. The number of halogens is 2. The lowest BCUT2D eigenvalue weighted by Crippen LogP contribution is -2.26. The number of carbonyl (C=O) groups is 1. The molecule has 130 valence electrons. The maximum atomic E-state index is 12.5. The Hall–Kier alpha value is -2.38. The quantitative estimate of drug-likeness (QED) is 0.735. The zero-order valence-corrected chi connectivity index (χ0v) is 15.1. The van der Waals surface area contributed by atoms with Gasteiger partial charge < -0.3 is 5.32 Å². The number of nitrogens with one attached hydrogen (secondary N) is 1. The summed E-state index contributed by atoms with van der Waals surface area (Å²) in [6.07, 6.45) is 4.50. The second kappa shape index (κ2) is 7.25. The number of amides is 1. The fourth-order valence-corrected chi connectivity index (χ4v) is 2.91. The van der Waals surface area contributed by atoms with Crippen LogP contribution in [0.25, 0.3) is 0 Å². The van der Waals surface area contributed by atoms with Crippen molar-refractivity contribution in [1.82, 2.24) is 24.5 Å². The Morgan fingerprint density at radius 1 is 1.20 bits per heavy atom. The lowest BCUT2D eigenvalue weighted by Gasteiger charge is -2.19. The zero-order valence-electron chi connectivity index (χ0n) is 13.6. The van der Waals surface area contributed by atoms with Gasteiger partial charge in [-0.3, -0.25) is 4.79 Å². The van der Waals surface area contributed by atoms with E-state index in [9.17, 15) is 4.79 Å². The Balaban J connectivity index is 1.83. The molecule has 1 amide bonds. The van der Waals surface area contributed by atoms with E-state index in [1.54, 1.807) is 42.1 Å². The molecule has 7 nitrogen and oxygen atoms in total. The highest BCUT2D eigenvalue weighted by molar-refractivity contribution is 6.33. The van der Waals surface area contributed by atoms with Crippen LogP contribution in [-0.2, 0) is 4.79 Å². The lowest BCUT2D eigenvalue weighted by atomic mass is 10.1. The molecule has 25 heavy (non-hydrogen) atoms. The summed E-state index contributed by atoms with van der Waals surface area (Å²) in [4.78, 5) is 16.3. The van der Waals surface area contributed by atoms with E-state index in [2.05, 4.69) is 20.5 Å². The Morgan fingerprint density at radius 2 is 2.00 bits per heavy atom. The van der Waals surface area contributed by atoms with Crippen molar-refractivity contribution < 1.29 is 4.79 Å². The van der Waals surface area contributed by atoms with Gasteiger partial charge in [0.25, 0.3) is 0 Å². The lowest BCUT2D eigenvalue weighted by molar-refractivity contribution is -0.119. The Kier molecular flexibility index (Phi) is 5.06. The average Bonchev–Trinajstić information content (AvgIpc) is 3.27. The SMILES string of the molecule is CC(C(=O)Nc1ccnn1C(C)c1cc(Cl)ccc1Cl)n1cncn1. The van der Waals surface area contributed by atoms with Gasteiger partial charge in [-0.1, -0.05) is 23.2 Å². The minimum absolute atomic E-state index is 0.210. The number of benzene rings is 1. The van der Waals surface area contributed by atoms with Crippen LogP contribution in [0.5, 0.6) is 0 Å². The Labute approximate surface area is 154 Å². The highest BCUT2D eigenvalue weighted by Gasteiger charge is 2.20. The van der Waals surface area contributed by atoms with Crippen LogP contribution in [0.2, 0.25) is 10.0 Å². The first kappa shape index (κ1) is 17.4. The summed E-state index contributed by atoms with van der Waals surface area (Å²) in [5, 5.41) is 12.3. The van der Waals surface area contributed by atoms with E-state index in [0.29, 0.717) is 15.9 Å². The molecular formula is C16H16Cl2N6O. The minimum Gasteiger partial charge on any atom is -0.309 e. The number of anilines is 1. The van der Waals surface area contributed by atoms with E-state index in [0.717, 1.165) is 5.56 Å². The predicted octanol–water partition coefficient (Wildman–Crippen LogP) is 3.59. The molecule has 0 fully saturated rings. The number of rotatable bonds is 5. The maximum absolute atomic E-state index is 12.5. The van der Waals surface area contributed by atoms with E-state index in [1.165, 1.54) is 17.3 Å². The first-order valence-corrected chi connectivity index (χ1v) is 8.36. The number of nitrogens with zero attached hydrogens (tertiary/aromatic N) is 5. The van der Waals surface area contributed by atoms with Crippen molar-refractivity contribution in [3.63, 3.8) is 0 Å². The fourth-order valence-electron chi connectivity index (χ4n) is 2.46. The van der Waals surface area contributed by atoms with Crippen molar-refractivity contribution in [3.8, 4) is 0 Å². The molecule has 0 spiro atoms. The van der Waals surface area contributed by atoms with Gasteiger partial charge in [-0.2, -0.15) is 10.2 Å². The van der Waals surface area contributed by atoms with Crippen LogP contribution in [0.4, 0.5) is 5.82 Å². The molecule has 2 unspecified atom stereocenters. The molecule has 0 aliphatic heterocycles. The van der Waals surface area contributed by atoms with Gasteiger partial charge in [0.05, 0.1) is 12.2 Å². The third-order valence-electron chi connectivity index (χ3n) is 3.91. The van der Waals surface area contributed by atoms with E-state index in [1.807, 2.05) is 6.92 Å². The highest BCUT2D eigenvalue weighted by atomic mass is 35.5. The van der Waals surface area contributed by atoms with Gasteiger partial charge >= 0.3 is 0 Å². The molecule has 0 aliphatic carbocycles. The standard InChI is InChI=1S/C16H16Cl2N6O/c1-10(13-7-12(17)3-4-14(13)18)24-15(5-6-20-24)22-16(25)11(2)23-9-19-8-21-23/h3-11H,1-2H3,(H,22,25). The zero-order chi connectivity index (χ0) is 18.0. The summed E-state index contributed by atoms with van der Waals surface area (Å²) in [5.41, 5.74) is 0.817. The molecule has 1 N–H and O–H groups in total. The van der Waals surface area contributed by atoms with Crippen molar-refractivity contribution in [2.75, 3.05) is 5.32 Å². The summed E-state index contributed by atoms with van der Waals surface area (Å²) < 4.78 is 3.16. The summed E-state index contributed by atoms with van der Waals surface area (Å²) in [5.74, 6) is 0.331. The summed E-state index contributed by atoms with van der Waals surface area (Å²) in [6, 6.07) is 6.27. The van der Waals surface area contributed by atoms with Crippen LogP contribution in [0.15, 0.2) is 43.1 Å². The normalized spacial score (nSPS) is 13.4. The van der Waals surface area contributed by atoms with Crippen LogP contribution in [0.3, 0.4) is 0 Å². The van der Waals surface area contributed by atoms with Crippen LogP contribution in [0, 0.1) is 0 Å². The number of hydrogen-bond donors (Lipinski definition) is 1. The molecule has 0 aliphatic rings. The molecule has 2 heterocycles. The molecule has 2 aromatic heterocycles. The van der Waals surface area contributed by atoms with Gasteiger partial charge in [-0.25, -0.2) is 14.3 Å². The largest absolute Gasteiger partial charge is 0.309 e.